The summed E-state index contributed by atoms with van der Waals surface area (Å²) in [5.41, 5.74) is 1.14. The van der Waals surface area contributed by atoms with Crippen molar-refractivity contribution in [1.82, 2.24) is 0 Å². The highest BCUT2D eigenvalue weighted by Gasteiger charge is 2.08. The van der Waals surface area contributed by atoms with Gasteiger partial charge in [-0.1, -0.05) is 33.6 Å². The lowest BCUT2D eigenvalue weighted by Gasteiger charge is -2.11. The van der Waals surface area contributed by atoms with Crippen LogP contribution in [-0.4, -0.2) is 5.11 Å². The highest BCUT2D eigenvalue weighted by molar-refractivity contribution is 9.10. The van der Waals surface area contributed by atoms with Crippen LogP contribution in [0.2, 0.25) is 5.02 Å². The van der Waals surface area contributed by atoms with Gasteiger partial charge < -0.3 is 9.84 Å². The van der Waals surface area contributed by atoms with E-state index in [-0.39, 0.29) is 12.4 Å². The summed E-state index contributed by atoms with van der Waals surface area (Å²) < 4.78 is 19.9. The SMILES string of the molecule is CC(O)c1ccc(OCc2cc(Br)ccc2F)c(Cl)c1. The molecule has 1 unspecified atom stereocenters. The summed E-state index contributed by atoms with van der Waals surface area (Å²) in [5, 5.41) is 9.85. The van der Waals surface area contributed by atoms with Crippen molar-refractivity contribution >= 4 is 27.5 Å². The molecule has 20 heavy (non-hydrogen) atoms. The predicted octanol–water partition coefficient (Wildman–Crippen LogP) is 4.87. The number of ether oxygens (including phenoxy) is 1. The molecule has 0 heterocycles. The molecule has 106 valence electrons. The lowest BCUT2D eigenvalue weighted by molar-refractivity contribution is 0.199. The molecule has 0 saturated carbocycles. The smallest absolute Gasteiger partial charge is 0.138 e. The van der Waals surface area contributed by atoms with Crippen LogP contribution in [0.1, 0.15) is 24.2 Å². The van der Waals surface area contributed by atoms with Crippen molar-refractivity contribution in [2.24, 2.45) is 0 Å². The Morgan fingerprint density at radius 2 is 2.05 bits per heavy atom. The van der Waals surface area contributed by atoms with E-state index in [1.54, 1.807) is 37.3 Å². The Labute approximate surface area is 130 Å². The average Bonchev–Trinajstić information content (AvgIpc) is 2.40. The van der Waals surface area contributed by atoms with Crippen molar-refractivity contribution in [1.29, 1.82) is 0 Å². The van der Waals surface area contributed by atoms with Gasteiger partial charge in [0.05, 0.1) is 11.1 Å². The van der Waals surface area contributed by atoms with Gasteiger partial charge in [-0.05, 0) is 42.8 Å². The number of hydrogen-bond donors (Lipinski definition) is 1. The Morgan fingerprint density at radius 3 is 2.70 bits per heavy atom. The van der Waals surface area contributed by atoms with Crippen LogP contribution in [-0.2, 0) is 6.61 Å². The summed E-state index contributed by atoms with van der Waals surface area (Å²) >= 11 is 9.36. The highest BCUT2D eigenvalue weighted by Crippen LogP contribution is 2.29. The number of halogens is 3. The Bertz CT molecular complexity index is 617. The molecule has 1 N–H and O–H groups in total. The number of aliphatic hydroxyl groups excluding tert-OH is 1. The van der Waals surface area contributed by atoms with Gasteiger partial charge >= 0.3 is 0 Å². The summed E-state index contributed by atoms with van der Waals surface area (Å²) in [6.07, 6.45) is -0.593. The second kappa shape index (κ2) is 6.57. The third kappa shape index (κ3) is 3.72. The molecule has 0 aliphatic carbocycles. The summed E-state index contributed by atoms with van der Waals surface area (Å²) in [6, 6.07) is 9.69. The van der Waals surface area contributed by atoms with Gasteiger partial charge in [-0.15, -0.1) is 0 Å². The average molecular weight is 360 g/mol. The quantitative estimate of drug-likeness (QED) is 0.843. The van der Waals surface area contributed by atoms with E-state index in [2.05, 4.69) is 15.9 Å². The molecule has 0 spiro atoms. The van der Waals surface area contributed by atoms with Gasteiger partial charge in [0, 0.05) is 10.0 Å². The molecule has 2 aromatic rings. The third-order valence-corrected chi connectivity index (χ3v) is 3.62. The van der Waals surface area contributed by atoms with Crippen molar-refractivity contribution in [3.05, 3.63) is 62.8 Å². The third-order valence-electron chi connectivity index (χ3n) is 2.83. The van der Waals surface area contributed by atoms with Crippen LogP contribution < -0.4 is 4.74 Å². The van der Waals surface area contributed by atoms with E-state index < -0.39 is 6.10 Å². The molecule has 0 aromatic heterocycles. The van der Waals surface area contributed by atoms with Crippen molar-refractivity contribution in [3.8, 4) is 5.75 Å². The Balaban J connectivity index is 2.13. The predicted molar refractivity (Wildman–Crippen MR) is 80.5 cm³/mol. The van der Waals surface area contributed by atoms with Crippen molar-refractivity contribution in [2.75, 3.05) is 0 Å². The fourth-order valence-electron chi connectivity index (χ4n) is 1.70. The first-order chi connectivity index (χ1) is 9.47. The molecule has 2 nitrogen and oxygen atoms in total. The van der Waals surface area contributed by atoms with E-state index in [9.17, 15) is 9.50 Å². The molecular weight excluding hydrogens is 347 g/mol. The molecule has 1 atom stereocenters. The Kier molecular flexibility index (Phi) is 5.02. The zero-order valence-corrected chi connectivity index (χ0v) is 13.1. The second-order valence-electron chi connectivity index (χ2n) is 4.39. The maximum Gasteiger partial charge on any atom is 0.138 e. The molecule has 2 rings (SSSR count). The number of benzene rings is 2. The van der Waals surface area contributed by atoms with E-state index in [0.29, 0.717) is 21.9 Å². The van der Waals surface area contributed by atoms with Gasteiger partial charge in [0.15, 0.2) is 0 Å². The van der Waals surface area contributed by atoms with Gasteiger partial charge in [-0.2, -0.15) is 0 Å². The zero-order valence-electron chi connectivity index (χ0n) is 10.7. The minimum absolute atomic E-state index is 0.0824. The largest absolute Gasteiger partial charge is 0.487 e. The van der Waals surface area contributed by atoms with Crippen LogP contribution in [0, 0.1) is 5.82 Å². The van der Waals surface area contributed by atoms with Crippen LogP contribution in [0.4, 0.5) is 4.39 Å². The molecule has 0 fully saturated rings. The first-order valence-corrected chi connectivity index (χ1v) is 7.18. The van der Waals surface area contributed by atoms with E-state index in [1.165, 1.54) is 6.07 Å². The normalized spacial score (nSPS) is 12.2. The molecular formula is C15H13BrClFO2. The van der Waals surface area contributed by atoms with Crippen LogP contribution in [0.25, 0.3) is 0 Å². The Hall–Kier alpha value is -1.10. The summed E-state index contributed by atoms with van der Waals surface area (Å²) in [5.74, 6) is 0.125. The molecule has 0 amide bonds. The van der Waals surface area contributed by atoms with E-state index in [1.807, 2.05) is 0 Å². The first-order valence-electron chi connectivity index (χ1n) is 6.01. The van der Waals surface area contributed by atoms with E-state index in [4.69, 9.17) is 16.3 Å². The maximum absolute atomic E-state index is 13.6. The summed E-state index contributed by atoms with van der Waals surface area (Å²) in [7, 11) is 0. The molecule has 2 aromatic carbocycles. The monoisotopic (exact) mass is 358 g/mol. The van der Waals surface area contributed by atoms with Crippen LogP contribution in [0.15, 0.2) is 40.9 Å². The minimum Gasteiger partial charge on any atom is -0.487 e. The Morgan fingerprint density at radius 1 is 1.30 bits per heavy atom. The van der Waals surface area contributed by atoms with Crippen molar-refractivity contribution in [2.45, 2.75) is 19.6 Å². The number of rotatable bonds is 4. The van der Waals surface area contributed by atoms with Gasteiger partial charge in [0.25, 0.3) is 0 Å². The number of aliphatic hydroxyl groups is 1. The summed E-state index contributed by atoms with van der Waals surface area (Å²) in [6.45, 7) is 1.74. The van der Waals surface area contributed by atoms with Gasteiger partial charge in [0.1, 0.15) is 18.2 Å². The molecule has 0 bridgehead atoms. The van der Waals surface area contributed by atoms with Crippen LogP contribution in [0.3, 0.4) is 0 Å². The zero-order chi connectivity index (χ0) is 14.7. The first kappa shape index (κ1) is 15.3. The minimum atomic E-state index is -0.593. The highest BCUT2D eigenvalue weighted by atomic mass is 79.9. The van der Waals surface area contributed by atoms with Gasteiger partial charge in [-0.25, -0.2) is 4.39 Å². The molecule has 0 radical (unpaired) electrons. The molecule has 0 aliphatic heterocycles. The maximum atomic E-state index is 13.6. The second-order valence-corrected chi connectivity index (χ2v) is 5.71. The molecule has 5 heteroatoms. The molecule has 0 saturated heterocycles. The van der Waals surface area contributed by atoms with E-state index >= 15 is 0 Å². The summed E-state index contributed by atoms with van der Waals surface area (Å²) in [4.78, 5) is 0. The lowest BCUT2D eigenvalue weighted by Crippen LogP contribution is -2.00. The topological polar surface area (TPSA) is 29.5 Å². The van der Waals surface area contributed by atoms with Crippen LogP contribution >= 0.6 is 27.5 Å². The van der Waals surface area contributed by atoms with E-state index in [0.717, 1.165) is 4.47 Å². The van der Waals surface area contributed by atoms with Crippen molar-refractivity contribution in [3.63, 3.8) is 0 Å². The standard InChI is InChI=1S/C15H13BrClFO2/c1-9(19)10-2-5-15(13(17)7-10)20-8-11-6-12(16)3-4-14(11)18/h2-7,9,19H,8H2,1H3. The number of hydrogen-bond acceptors (Lipinski definition) is 2. The fraction of sp³-hybridized carbons (Fsp3) is 0.200. The van der Waals surface area contributed by atoms with Crippen molar-refractivity contribution < 1.29 is 14.2 Å². The van der Waals surface area contributed by atoms with Crippen LogP contribution in [0.5, 0.6) is 5.75 Å². The van der Waals surface area contributed by atoms with Gasteiger partial charge in [-0.3, -0.25) is 0 Å². The molecule has 0 aliphatic rings. The van der Waals surface area contributed by atoms with Gasteiger partial charge in [0.2, 0.25) is 0 Å². The fourth-order valence-corrected chi connectivity index (χ4v) is 2.36. The lowest BCUT2D eigenvalue weighted by atomic mass is 10.1.